The summed E-state index contributed by atoms with van der Waals surface area (Å²) in [5.41, 5.74) is 0. The number of carbonyl (C=O) groups excluding carboxylic acids is 1. The van der Waals surface area contributed by atoms with Crippen molar-refractivity contribution in [2.45, 2.75) is 45.0 Å². The summed E-state index contributed by atoms with van der Waals surface area (Å²) in [5.74, 6) is -1.02. The second-order valence-electron chi connectivity index (χ2n) is 5.42. The van der Waals surface area contributed by atoms with Crippen LogP contribution in [0.15, 0.2) is 0 Å². The van der Waals surface area contributed by atoms with Crippen LogP contribution < -0.4 is 0 Å². The predicted octanol–water partition coefficient (Wildman–Crippen LogP) is 0.502. The van der Waals surface area contributed by atoms with Gasteiger partial charge in [-0.1, -0.05) is 0 Å². The van der Waals surface area contributed by atoms with Crippen molar-refractivity contribution < 1.29 is 24.2 Å². The van der Waals surface area contributed by atoms with Crippen molar-refractivity contribution in [1.29, 1.82) is 0 Å². The third-order valence-corrected chi connectivity index (χ3v) is 3.68. The minimum atomic E-state index is -1.01. The van der Waals surface area contributed by atoms with Crippen LogP contribution in [0.3, 0.4) is 0 Å². The van der Waals surface area contributed by atoms with Crippen LogP contribution >= 0.6 is 0 Å². The molecule has 3 unspecified atom stereocenters. The number of amides is 1. The van der Waals surface area contributed by atoms with Crippen molar-refractivity contribution in [2.24, 2.45) is 5.92 Å². The van der Waals surface area contributed by atoms with Crippen LogP contribution in [0.25, 0.3) is 0 Å². The number of nitrogens with zero attached hydrogens (tertiary/aromatic N) is 1. The molecule has 108 valence electrons. The molecule has 0 aliphatic carbocycles. The Bertz CT molecular complexity index is 359. The highest BCUT2D eigenvalue weighted by atomic mass is 16.5. The second-order valence-corrected chi connectivity index (χ2v) is 5.42. The fourth-order valence-electron chi connectivity index (χ4n) is 2.75. The molecule has 0 aromatic heterocycles. The first-order valence-corrected chi connectivity index (χ1v) is 6.76. The van der Waals surface area contributed by atoms with Crippen LogP contribution in [0.5, 0.6) is 0 Å². The van der Waals surface area contributed by atoms with Gasteiger partial charge >= 0.3 is 5.97 Å². The fraction of sp³-hybridized carbons (Fsp3) is 0.846. The largest absolute Gasteiger partial charge is 0.479 e. The molecular weight excluding hydrogens is 250 g/mol. The van der Waals surface area contributed by atoms with Crippen LogP contribution in [0.4, 0.5) is 0 Å². The Kier molecular flexibility index (Phi) is 4.42. The highest BCUT2D eigenvalue weighted by Crippen LogP contribution is 2.24. The van der Waals surface area contributed by atoms with Crippen molar-refractivity contribution in [3.63, 3.8) is 0 Å². The first-order valence-electron chi connectivity index (χ1n) is 6.76. The van der Waals surface area contributed by atoms with E-state index in [-0.39, 0.29) is 30.6 Å². The fourth-order valence-corrected chi connectivity index (χ4v) is 2.75. The Morgan fingerprint density at radius 2 is 1.95 bits per heavy atom. The minimum Gasteiger partial charge on any atom is -0.479 e. The van der Waals surface area contributed by atoms with Gasteiger partial charge < -0.3 is 19.5 Å². The normalized spacial score (nSPS) is 36.0. The number of hydrogen-bond acceptors (Lipinski definition) is 4. The SMILES string of the molecule is CC1CC(C(=O)N2CC(C(=O)O)O[C@H](C)C2)CCO1. The van der Waals surface area contributed by atoms with E-state index in [9.17, 15) is 9.59 Å². The lowest BCUT2D eigenvalue weighted by Crippen LogP contribution is -2.53. The van der Waals surface area contributed by atoms with Gasteiger partial charge in [0.05, 0.1) is 18.8 Å². The average molecular weight is 271 g/mol. The monoisotopic (exact) mass is 271 g/mol. The van der Waals surface area contributed by atoms with E-state index in [1.165, 1.54) is 0 Å². The lowest BCUT2D eigenvalue weighted by Gasteiger charge is -2.38. The van der Waals surface area contributed by atoms with Gasteiger partial charge in [0.2, 0.25) is 5.91 Å². The Morgan fingerprint density at radius 1 is 1.21 bits per heavy atom. The smallest absolute Gasteiger partial charge is 0.334 e. The Hall–Kier alpha value is -1.14. The summed E-state index contributed by atoms with van der Waals surface area (Å²) in [5, 5.41) is 9.03. The predicted molar refractivity (Wildman–Crippen MR) is 66.7 cm³/mol. The van der Waals surface area contributed by atoms with E-state index in [1.54, 1.807) is 11.8 Å². The maximum absolute atomic E-state index is 12.4. The minimum absolute atomic E-state index is 0.0385. The molecule has 1 amide bonds. The summed E-state index contributed by atoms with van der Waals surface area (Å²) in [6.07, 6.45) is 0.368. The number of ether oxygens (including phenoxy) is 2. The molecule has 6 nitrogen and oxygen atoms in total. The van der Waals surface area contributed by atoms with E-state index in [0.717, 1.165) is 0 Å². The third kappa shape index (κ3) is 3.45. The van der Waals surface area contributed by atoms with Gasteiger partial charge in [-0.25, -0.2) is 4.79 Å². The van der Waals surface area contributed by atoms with Gasteiger partial charge in [0, 0.05) is 19.1 Å². The molecule has 0 aromatic carbocycles. The second kappa shape index (κ2) is 5.88. The molecule has 1 N–H and O–H groups in total. The molecule has 2 heterocycles. The average Bonchev–Trinajstić information content (AvgIpc) is 2.37. The number of rotatable bonds is 2. The topological polar surface area (TPSA) is 76.1 Å². The lowest BCUT2D eigenvalue weighted by atomic mass is 9.94. The third-order valence-electron chi connectivity index (χ3n) is 3.68. The summed E-state index contributed by atoms with van der Waals surface area (Å²) < 4.78 is 10.8. The summed E-state index contributed by atoms with van der Waals surface area (Å²) >= 11 is 0. The van der Waals surface area contributed by atoms with Gasteiger partial charge in [-0.3, -0.25) is 4.79 Å². The molecule has 19 heavy (non-hydrogen) atoms. The van der Waals surface area contributed by atoms with E-state index < -0.39 is 12.1 Å². The van der Waals surface area contributed by atoms with Crippen LogP contribution in [0, 0.1) is 5.92 Å². The molecule has 2 saturated heterocycles. The van der Waals surface area contributed by atoms with Crippen molar-refractivity contribution in [1.82, 2.24) is 4.90 Å². The number of carboxylic acid groups (broad SMARTS) is 1. The molecule has 0 aromatic rings. The highest BCUT2D eigenvalue weighted by Gasteiger charge is 2.36. The molecule has 6 heteroatoms. The standard InChI is InChI=1S/C13H21NO5/c1-8-5-10(3-4-18-8)12(15)14-6-9(2)19-11(7-14)13(16)17/h8-11H,3-7H2,1-2H3,(H,16,17)/t8?,9-,10?,11?/m1/s1. The number of morpholine rings is 1. The summed E-state index contributed by atoms with van der Waals surface area (Å²) in [6.45, 7) is 4.96. The van der Waals surface area contributed by atoms with Gasteiger partial charge in [0.25, 0.3) is 0 Å². The zero-order valence-electron chi connectivity index (χ0n) is 11.4. The van der Waals surface area contributed by atoms with E-state index in [0.29, 0.717) is 26.0 Å². The zero-order valence-corrected chi connectivity index (χ0v) is 11.4. The summed E-state index contributed by atoms with van der Waals surface area (Å²) in [4.78, 5) is 25.1. The number of aliphatic carboxylic acids is 1. The maximum atomic E-state index is 12.4. The van der Waals surface area contributed by atoms with E-state index in [2.05, 4.69) is 0 Å². The van der Waals surface area contributed by atoms with Gasteiger partial charge in [-0.15, -0.1) is 0 Å². The van der Waals surface area contributed by atoms with Crippen molar-refractivity contribution in [2.75, 3.05) is 19.7 Å². The highest BCUT2D eigenvalue weighted by molar-refractivity contribution is 5.80. The maximum Gasteiger partial charge on any atom is 0.334 e. The molecule has 2 rings (SSSR count). The Morgan fingerprint density at radius 3 is 2.58 bits per heavy atom. The lowest BCUT2D eigenvalue weighted by molar-refractivity contribution is -0.169. The van der Waals surface area contributed by atoms with E-state index in [4.69, 9.17) is 14.6 Å². The molecule has 2 aliphatic rings. The summed E-state index contributed by atoms with van der Waals surface area (Å²) in [6, 6.07) is 0. The first kappa shape index (κ1) is 14.3. The van der Waals surface area contributed by atoms with Gasteiger partial charge in [-0.2, -0.15) is 0 Å². The number of hydrogen-bond donors (Lipinski definition) is 1. The van der Waals surface area contributed by atoms with Crippen molar-refractivity contribution in [3.8, 4) is 0 Å². The molecule has 2 aliphatic heterocycles. The van der Waals surface area contributed by atoms with Crippen molar-refractivity contribution in [3.05, 3.63) is 0 Å². The summed E-state index contributed by atoms with van der Waals surface area (Å²) in [7, 11) is 0. The van der Waals surface area contributed by atoms with Gasteiger partial charge in [0.1, 0.15) is 0 Å². The molecule has 2 fully saturated rings. The number of carbonyl (C=O) groups is 2. The van der Waals surface area contributed by atoms with Crippen LogP contribution in [-0.2, 0) is 19.1 Å². The molecule has 0 saturated carbocycles. The van der Waals surface area contributed by atoms with Crippen LogP contribution in [0.1, 0.15) is 26.7 Å². The zero-order chi connectivity index (χ0) is 14.0. The van der Waals surface area contributed by atoms with Crippen molar-refractivity contribution >= 4 is 11.9 Å². The van der Waals surface area contributed by atoms with Gasteiger partial charge in [-0.05, 0) is 26.7 Å². The molecule has 0 bridgehead atoms. The number of carboxylic acids is 1. The Labute approximate surface area is 112 Å². The van der Waals surface area contributed by atoms with E-state index in [1.807, 2.05) is 6.92 Å². The molecule has 0 spiro atoms. The quantitative estimate of drug-likeness (QED) is 0.791. The van der Waals surface area contributed by atoms with E-state index >= 15 is 0 Å². The van der Waals surface area contributed by atoms with Crippen LogP contribution in [-0.4, -0.2) is 59.9 Å². The first-order chi connectivity index (χ1) is 8.97. The molecule has 0 radical (unpaired) electrons. The molecule has 4 atom stereocenters. The van der Waals surface area contributed by atoms with Gasteiger partial charge in [0.15, 0.2) is 6.10 Å². The Balaban J connectivity index is 1.99. The molecular formula is C13H21NO5. The van der Waals surface area contributed by atoms with Crippen LogP contribution in [0.2, 0.25) is 0 Å².